The molecule has 6 nitrogen and oxygen atoms in total. The number of carbonyl (C=O) groups excluding carboxylic acids is 1. The van der Waals surface area contributed by atoms with Crippen LogP contribution >= 0.6 is 0 Å². The molecule has 0 radical (unpaired) electrons. The topological polar surface area (TPSA) is 86.3 Å². The van der Waals surface area contributed by atoms with Crippen molar-refractivity contribution < 1.29 is 14.7 Å². The first-order chi connectivity index (χ1) is 8.41. The number of amides is 1. The fourth-order valence-corrected chi connectivity index (χ4v) is 1.65. The van der Waals surface area contributed by atoms with E-state index in [1.807, 2.05) is 6.92 Å². The molecule has 0 fully saturated rings. The summed E-state index contributed by atoms with van der Waals surface area (Å²) in [6, 6.07) is 0. The molecule has 1 unspecified atom stereocenters. The molecule has 0 aliphatic carbocycles. The van der Waals surface area contributed by atoms with Gasteiger partial charge in [0.1, 0.15) is 0 Å². The van der Waals surface area contributed by atoms with Crippen LogP contribution in [0.15, 0.2) is 6.20 Å². The summed E-state index contributed by atoms with van der Waals surface area (Å²) in [6.07, 6.45) is 2.69. The second kappa shape index (κ2) is 6.18. The Kier molecular flexibility index (Phi) is 4.88. The quantitative estimate of drug-likeness (QED) is 0.786. The van der Waals surface area contributed by atoms with Crippen molar-refractivity contribution in [2.45, 2.75) is 26.7 Å². The largest absolute Gasteiger partial charge is 0.481 e. The number of hydrogen-bond donors (Lipinski definition) is 2. The third kappa shape index (κ3) is 3.87. The maximum atomic E-state index is 11.8. The zero-order valence-electron chi connectivity index (χ0n) is 10.9. The van der Waals surface area contributed by atoms with E-state index in [-0.39, 0.29) is 12.5 Å². The number of rotatable bonds is 6. The van der Waals surface area contributed by atoms with Crippen LogP contribution in [0.5, 0.6) is 0 Å². The number of aromatic nitrogens is 2. The number of aryl methyl sites for hydroxylation is 2. The molecule has 6 heteroatoms. The number of hydrogen-bond acceptors (Lipinski definition) is 3. The maximum Gasteiger partial charge on any atom is 0.308 e. The molecule has 0 aromatic carbocycles. The smallest absolute Gasteiger partial charge is 0.308 e. The lowest BCUT2D eigenvalue weighted by Gasteiger charge is -2.19. The first-order valence-electron chi connectivity index (χ1n) is 5.87. The maximum absolute atomic E-state index is 11.8. The summed E-state index contributed by atoms with van der Waals surface area (Å²) in [5.74, 6) is -1.49. The van der Waals surface area contributed by atoms with Crippen molar-refractivity contribution in [2.75, 3.05) is 13.6 Å². The highest BCUT2D eigenvalue weighted by Crippen LogP contribution is 2.08. The Bertz CT molecular complexity index is 428. The monoisotopic (exact) mass is 253 g/mol. The molecule has 1 atom stereocenters. The molecule has 0 spiro atoms. The lowest BCUT2D eigenvalue weighted by atomic mass is 10.1. The minimum Gasteiger partial charge on any atom is -0.481 e. The summed E-state index contributed by atoms with van der Waals surface area (Å²) in [4.78, 5) is 24.0. The summed E-state index contributed by atoms with van der Waals surface area (Å²) in [5.41, 5.74) is 1.98. The van der Waals surface area contributed by atoms with Crippen molar-refractivity contribution in [2.24, 2.45) is 5.92 Å². The summed E-state index contributed by atoms with van der Waals surface area (Å²) < 4.78 is 0. The van der Waals surface area contributed by atoms with Gasteiger partial charge in [-0.15, -0.1) is 0 Å². The van der Waals surface area contributed by atoms with Crippen molar-refractivity contribution in [1.29, 1.82) is 0 Å². The summed E-state index contributed by atoms with van der Waals surface area (Å²) >= 11 is 0. The van der Waals surface area contributed by atoms with Crippen molar-refractivity contribution >= 4 is 11.9 Å². The number of nitrogens with one attached hydrogen (secondary N) is 1. The third-order valence-electron chi connectivity index (χ3n) is 2.94. The molecule has 0 aliphatic heterocycles. The van der Waals surface area contributed by atoms with Crippen molar-refractivity contribution in [3.63, 3.8) is 0 Å². The highest BCUT2D eigenvalue weighted by molar-refractivity contribution is 5.77. The van der Waals surface area contributed by atoms with Crippen LogP contribution < -0.4 is 0 Å². The van der Waals surface area contributed by atoms with Crippen LogP contribution in [-0.4, -0.2) is 45.7 Å². The van der Waals surface area contributed by atoms with E-state index in [4.69, 9.17) is 5.11 Å². The van der Waals surface area contributed by atoms with Crippen LogP contribution in [0.25, 0.3) is 0 Å². The van der Waals surface area contributed by atoms with E-state index < -0.39 is 11.9 Å². The zero-order chi connectivity index (χ0) is 13.7. The first-order valence-corrected chi connectivity index (χ1v) is 5.87. The van der Waals surface area contributed by atoms with Gasteiger partial charge in [-0.25, -0.2) is 0 Å². The molecule has 0 bridgehead atoms. The minimum absolute atomic E-state index is 0.0521. The van der Waals surface area contributed by atoms with Gasteiger partial charge in [0.2, 0.25) is 5.91 Å². The normalized spacial score (nSPS) is 12.2. The average Bonchev–Trinajstić information content (AvgIpc) is 2.71. The summed E-state index contributed by atoms with van der Waals surface area (Å²) in [5, 5.41) is 15.5. The Morgan fingerprint density at radius 2 is 2.22 bits per heavy atom. The molecule has 0 saturated carbocycles. The molecule has 1 aromatic rings. The average molecular weight is 253 g/mol. The standard InChI is InChI=1S/C12H19N3O3/c1-8(12(17)18)7-15(3)11(16)5-4-10-6-13-14-9(10)2/h6,8H,4-5,7H2,1-3H3,(H,13,14)(H,17,18). The fourth-order valence-electron chi connectivity index (χ4n) is 1.65. The van der Waals surface area contributed by atoms with Crippen LogP contribution in [0.3, 0.4) is 0 Å². The third-order valence-corrected chi connectivity index (χ3v) is 2.94. The van der Waals surface area contributed by atoms with Crippen LogP contribution in [0, 0.1) is 12.8 Å². The summed E-state index contributed by atoms with van der Waals surface area (Å²) in [6.45, 7) is 3.73. The molecule has 1 heterocycles. The van der Waals surface area contributed by atoms with Gasteiger partial charge in [0, 0.05) is 25.7 Å². The van der Waals surface area contributed by atoms with Gasteiger partial charge in [0.25, 0.3) is 0 Å². The van der Waals surface area contributed by atoms with Gasteiger partial charge in [-0.3, -0.25) is 14.7 Å². The zero-order valence-corrected chi connectivity index (χ0v) is 10.9. The Morgan fingerprint density at radius 1 is 1.56 bits per heavy atom. The van der Waals surface area contributed by atoms with Gasteiger partial charge in [-0.2, -0.15) is 5.10 Å². The Morgan fingerprint density at radius 3 is 2.72 bits per heavy atom. The molecule has 0 aliphatic rings. The van der Waals surface area contributed by atoms with Gasteiger partial charge < -0.3 is 10.0 Å². The van der Waals surface area contributed by atoms with E-state index in [1.54, 1.807) is 20.2 Å². The van der Waals surface area contributed by atoms with Crippen LogP contribution in [0.2, 0.25) is 0 Å². The molecule has 18 heavy (non-hydrogen) atoms. The van der Waals surface area contributed by atoms with E-state index in [0.29, 0.717) is 12.8 Å². The first kappa shape index (κ1) is 14.2. The lowest BCUT2D eigenvalue weighted by molar-refractivity contribution is -0.142. The number of aliphatic carboxylic acids is 1. The highest BCUT2D eigenvalue weighted by atomic mass is 16.4. The minimum atomic E-state index is -0.889. The van der Waals surface area contributed by atoms with Gasteiger partial charge >= 0.3 is 5.97 Å². The number of aromatic amines is 1. The number of H-pyrrole nitrogens is 1. The van der Waals surface area contributed by atoms with Crippen LogP contribution in [0.1, 0.15) is 24.6 Å². The summed E-state index contributed by atoms with van der Waals surface area (Å²) in [7, 11) is 1.63. The van der Waals surface area contributed by atoms with Crippen molar-refractivity contribution in [3.8, 4) is 0 Å². The number of carboxylic acid groups (broad SMARTS) is 1. The lowest BCUT2D eigenvalue weighted by Crippen LogP contribution is -2.33. The SMILES string of the molecule is Cc1[nH]ncc1CCC(=O)N(C)CC(C)C(=O)O. The highest BCUT2D eigenvalue weighted by Gasteiger charge is 2.17. The van der Waals surface area contributed by atoms with E-state index in [2.05, 4.69) is 10.2 Å². The van der Waals surface area contributed by atoms with Crippen LogP contribution in [0.4, 0.5) is 0 Å². The predicted octanol–water partition coefficient (Wildman–Crippen LogP) is 0.830. The van der Waals surface area contributed by atoms with E-state index >= 15 is 0 Å². The predicted molar refractivity (Wildman–Crippen MR) is 66.1 cm³/mol. The van der Waals surface area contributed by atoms with Gasteiger partial charge in [-0.1, -0.05) is 6.92 Å². The molecular formula is C12H19N3O3. The number of carbonyl (C=O) groups is 2. The molecule has 1 amide bonds. The Labute approximate surface area is 106 Å². The molecule has 0 saturated heterocycles. The van der Waals surface area contributed by atoms with E-state index in [1.165, 1.54) is 4.90 Å². The van der Waals surface area contributed by atoms with Crippen LogP contribution in [-0.2, 0) is 16.0 Å². The second-order valence-electron chi connectivity index (χ2n) is 4.53. The van der Waals surface area contributed by atoms with E-state index in [0.717, 1.165) is 11.3 Å². The van der Waals surface area contributed by atoms with Crippen molar-refractivity contribution in [3.05, 3.63) is 17.5 Å². The molecular weight excluding hydrogens is 234 g/mol. The van der Waals surface area contributed by atoms with Gasteiger partial charge in [0.05, 0.1) is 12.1 Å². The molecule has 2 N–H and O–H groups in total. The van der Waals surface area contributed by atoms with E-state index in [9.17, 15) is 9.59 Å². The van der Waals surface area contributed by atoms with Crippen molar-refractivity contribution in [1.82, 2.24) is 15.1 Å². The Hall–Kier alpha value is -1.85. The number of nitrogens with zero attached hydrogens (tertiary/aromatic N) is 2. The molecule has 100 valence electrons. The molecule has 1 aromatic heterocycles. The second-order valence-corrected chi connectivity index (χ2v) is 4.53. The van der Waals surface area contributed by atoms with Gasteiger partial charge in [0.15, 0.2) is 0 Å². The molecule has 1 rings (SSSR count). The van der Waals surface area contributed by atoms with Gasteiger partial charge in [-0.05, 0) is 18.9 Å². The Balaban J connectivity index is 2.41. The fraction of sp³-hybridized carbons (Fsp3) is 0.583. The number of carboxylic acids is 1.